The van der Waals surface area contributed by atoms with Crippen molar-refractivity contribution in [3.05, 3.63) is 0 Å². The smallest absolute Gasteiger partial charge is 0.00516 e. The molecule has 22 heavy (non-hydrogen) atoms. The minimum Gasteiger partial charge on any atom is -0.306 e. The average Bonchev–Trinajstić information content (AvgIpc) is 2.50. The van der Waals surface area contributed by atoms with E-state index in [1.807, 2.05) is 13.8 Å². The van der Waals surface area contributed by atoms with Crippen LogP contribution in [-0.4, -0.2) is 73.6 Å². The lowest BCUT2D eigenvalue weighted by molar-refractivity contribution is -0.0606. The predicted octanol–water partition coefficient (Wildman–Crippen LogP) is 3.16. The Morgan fingerprint density at radius 1 is 0.955 bits per heavy atom. The monoisotopic (exact) mass is 309 g/mol. The van der Waals surface area contributed by atoms with Crippen LogP contribution in [0.5, 0.6) is 0 Å². The molecule has 3 aliphatic heterocycles. The minimum absolute atomic E-state index is 0.705. The number of hydrogen-bond acceptors (Lipinski definition) is 3. The van der Waals surface area contributed by atoms with Crippen molar-refractivity contribution in [2.24, 2.45) is 11.3 Å². The molecule has 0 atom stereocenters. The SMILES string of the molecule is CC.CC(C)N1CCC2(CC1)CN(CC1CCN(C)CC1)C2. The molecule has 0 aromatic carbocycles. The number of likely N-dealkylation sites (tertiary alicyclic amines) is 3. The molecule has 0 bridgehead atoms. The molecule has 0 aromatic heterocycles. The first-order valence-electron chi connectivity index (χ1n) is 9.71. The van der Waals surface area contributed by atoms with Crippen molar-refractivity contribution in [1.82, 2.24) is 14.7 Å². The highest BCUT2D eigenvalue weighted by molar-refractivity contribution is 4.99. The van der Waals surface area contributed by atoms with Gasteiger partial charge in [0.15, 0.2) is 0 Å². The summed E-state index contributed by atoms with van der Waals surface area (Å²) in [6.45, 7) is 18.1. The fourth-order valence-corrected chi connectivity index (χ4v) is 4.47. The molecule has 1 spiro atoms. The summed E-state index contributed by atoms with van der Waals surface area (Å²) in [4.78, 5) is 7.89. The average molecular weight is 310 g/mol. The van der Waals surface area contributed by atoms with E-state index in [1.165, 1.54) is 71.5 Å². The normalized spacial score (nSPS) is 27.5. The van der Waals surface area contributed by atoms with Crippen LogP contribution in [0.1, 0.15) is 53.4 Å². The van der Waals surface area contributed by atoms with Crippen molar-refractivity contribution < 1.29 is 0 Å². The third kappa shape index (κ3) is 4.46. The van der Waals surface area contributed by atoms with E-state index in [0.29, 0.717) is 5.41 Å². The van der Waals surface area contributed by atoms with Crippen molar-refractivity contribution in [3.8, 4) is 0 Å². The van der Waals surface area contributed by atoms with Gasteiger partial charge in [-0.2, -0.15) is 0 Å². The van der Waals surface area contributed by atoms with Gasteiger partial charge in [0.25, 0.3) is 0 Å². The van der Waals surface area contributed by atoms with Crippen LogP contribution in [0.4, 0.5) is 0 Å². The second kappa shape index (κ2) is 8.12. The molecule has 3 rings (SSSR count). The van der Waals surface area contributed by atoms with Crippen LogP contribution in [0.3, 0.4) is 0 Å². The van der Waals surface area contributed by atoms with E-state index in [-0.39, 0.29) is 0 Å². The maximum Gasteiger partial charge on any atom is 0.00516 e. The largest absolute Gasteiger partial charge is 0.306 e. The van der Waals surface area contributed by atoms with E-state index in [9.17, 15) is 0 Å². The first kappa shape index (κ1) is 18.2. The summed E-state index contributed by atoms with van der Waals surface area (Å²) >= 11 is 0. The molecule has 3 heterocycles. The van der Waals surface area contributed by atoms with E-state index in [0.717, 1.165) is 12.0 Å². The number of piperidine rings is 2. The van der Waals surface area contributed by atoms with Gasteiger partial charge in [0.05, 0.1) is 0 Å². The summed E-state index contributed by atoms with van der Waals surface area (Å²) in [6, 6.07) is 0.739. The van der Waals surface area contributed by atoms with E-state index in [1.54, 1.807) is 0 Å². The maximum absolute atomic E-state index is 2.75. The Labute approximate surface area is 139 Å². The molecular formula is C19H39N3. The molecule has 3 nitrogen and oxygen atoms in total. The van der Waals surface area contributed by atoms with Gasteiger partial charge in [-0.25, -0.2) is 0 Å². The first-order valence-corrected chi connectivity index (χ1v) is 9.71. The topological polar surface area (TPSA) is 9.72 Å². The lowest BCUT2D eigenvalue weighted by atomic mass is 9.71. The van der Waals surface area contributed by atoms with Gasteiger partial charge in [0.2, 0.25) is 0 Å². The third-order valence-electron chi connectivity index (χ3n) is 6.06. The van der Waals surface area contributed by atoms with Crippen LogP contribution in [0, 0.1) is 11.3 Å². The van der Waals surface area contributed by atoms with Gasteiger partial charge in [-0.1, -0.05) is 13.8 Å². The highest BCUT2D eigenvalue weighted by Gasteiger charge is 2.45. The summed E-state index contributed by atoms with van der Waals surface area (Å²) < 4.78 is 0. The summed E-state index contributed by atoms with van der Waals surface area (Å²) in [5.74, 6) is 0.972. The minimum atomic E-state index is 0.705. The molecule has 0 aromatic rings. The van der Waals surface area contributed by atoms with Crippen molar-refractivity contribution in [1.29, 1.82) is 0 Å². The Morgan fingerprint density at radius 2 is 1.50 bits per heavy atom. The standard InChI is InChI=1S/C17H33N3.C2H6/c1-15(2)20-10-6-17(7-11-20)13-19(14-17)12-16-4-8-18(3)9-5-16;1-2/h15-16H,4-14H2,1-3H3;1-2H3. The van der Waals surface area contributed by atoms with Crippen LogP contribution in [-0.2, 0) is 0 Å². The third-order valence-corrected chi connectivity index (χ3v) is 6.06. The zero-order valence-corrected chi connectivity index (χ0v) is 15.8. The first-order chi connectivity index (χ1) is 10.6. The van der Waals surface area contributed by atoms with Crippen LogP contribution in [0.15, 0.2) is 0 Å². The van der Waals surface area contributed by atoms with Crippen LogP contribution in [0.25, 0.3) is 0 Å². The molecule has 3 saturated heterocycles. The van der Waals surface area contributed by atoms with Crippen molar-refractivity contribution in [2.75, 3.05) is 52.9 Å². The second-order valence-electron chi connectivity index (χ2n) is 8.05. The van der Waals surface area contributed by atoms with Gasteiger partial charge in [0, 0.05) is 25.7 Å². The number of rotatable bonds is 3. The second-order valence-corrected chi connectivity index (χ2v) is 8.05. The van der Waals surface area contributed by atoms with E-state index in [4.69, 9.17) is 0 Å². The molecular weight excluding hydrogens is 270 g/mol. The summed E-state index contributed by atoms with van der Waals surface area (Å²) in [5, 5.41) is 0. The van der Waals surface area contributed by atoms with Gasteiger partial charge in [0.1, 0.15) is 0 Å². The lowest BCUT2D eigenvalue weighted by Gasteiger charge is -2.55. The van der Waals surface area contributed by atoms with Gasteiger partial charge in [-0.3, -0.25) is 0 Å². The quantitative estimate of drug-likeness (QED) is 0.793. The van der Waals surface area contributed by atoms with Crippen molar-refractivity contribution >= 4 is 0 Å². The van der Waals surface area contributed by atoms with Gasteiger partial charge in [-0.15, -0.1) is 0 Å². The summed E-state index contributed by atoms with van der Waals surface area (Å²) in [7, 11) is 2.26. The van der Waals surface area contributed by atoms with Gasteiger partial charge >= 0.3 is 0 Å². The maximum atomic E-state index is 2.75. The summed E-state index contributed by atoms with van der Waals surface area (Å²) in [6.07, 6.45) is 5.71. The fraction of sp³-hybridized carbons (Fsp3) is 1.00. The van der Waals surface area contributed by atoms with Crippen molar-refractivity contribution in [3.63, 3.8) is 0 Å². The van der Waals surface area contributed by atoms with Gasteiger partial charge < -0.3 is 14.7 Å². The molecule has 130 valence electrons. The van der Waals surface area contributed by atoms with Crippen LogP contribution >= 0.6 is 0 Å². The Bertz CT molecular complexity index is 305. The Morgan fingerprint density at radius 3 is 2.00 bits per heavy atom. The Balaban J connectivity index is 0.000000847. The number of nitrogens with zero attached hydrogens (tertiary/aromatic N) is 3. The zero-order valence-electron chi connectivity index (χ0n) is 15.8. The van der Waals surface area contributed by atoms with E-state index in [2.05, 4.69) is 35.6 Å². The predicted molar refractivity (Wildman–Crippen MR) is 96.4 cm³/mol. The summed E-state index contributed by atoms with van der Waals surface area (Å²) in [5.41, 5.74) is 0.705. The molecule has 3 heteroatoms. The molecule has 0 N–H and O–H groups in total. The van der Waals surface area contributed by atoms with Crippen LogP contribution < -0.4 is 0 Å². The molecule has 0 saturated carbocycles. The molecule has 3 aliphatic rings. The van der Waals surface area contributed by atoms with E-state index >= 15 is 0 Å². The number of hydrogen-bond donors (Lipinski definition) is 0. The van der Waals surface area contributed by atoms with Crippen LogP contribution in [0.2, 0.25) is 0 Å². The fourth-order valence-electron chi connectivity index (χ4n) is 4.47. The molecule has 0 amide bonds. The Kier molecular flexibility index (Phi) is 6.73. The zero-order chi connectivity index (χ0) is 16.2. The van der Waals surface area contributed by atoms with Crippen molar-refractivity contribution in [2.45, 2.75) is 59.4 Å². The lowest BCUT2D eigenvalue weighted by Crippen LogP contribution is -2.61. The molecule has 0 unspecified atom stereocenters. The highest BCUT2D eigenvalue weighted by Crippen LogP contribution is 2.41. The van der Waals surface area contributed by atoms with Gasteiger partial charge in [-0.05, 0) is 84.1 Å². The molecule has 0 aliphatic carbocycles. The Hall–Kier alpha value is -0.120. The highest BCUT2D eigenvalue weighted by atomic mass is 15.2. The molecule has 3 fully saturated rings. The van der Waals surface area contributed by atoms with E-state index < -0.39 is 0 Å². The molecule has 0 radical (unpaired) electrons.